The molecular weight excluding hydrogens is 450 g/mol. The molecule has 1 saturated heterocycles. The summed E-state index contributed by atoms with van der Waals surface area (Å²) in [5.41, 5.74) is 4.43. The number of anilines is 1. The van der Waals surface area contributed by atoms with Crippen LogP contribution in [0.1, 0.15) is 29.4 Å². The van der Waals surface area contributed by atoms with Crippen LogP contribution in [0.2, 0.25) is 0 Å². The molecule has 0 spiro atoms. The molecule has 35 heavy (non-hydrogen) atoms. The van der Waals surface area contributed by atoms with Gasteiger partial charge in [-0.25, -0.2) is 8.78 Å². The largest absolute Gasteiger partial charge is 0.391 e. The van der Waals surface area contributed by atoms with Gasteiger partial charge >= 0.3 is 0 Å². The minimum absolute atomic E-state index is 0.0918. The molecule has 3 aliphatic rings. The van der Waals surface area contributed by atoms with Crippen LogP contribution in [0.5, 0.6) is 0 Å². The smallest absolute Gasteiger partial charge is 0.160 e. The lowest BCUT2D eigenvalue weighted by molar-refractivity contribution is 0.130. The number of halogens is 2. The van der Waals surface area contributed by atoms with E-state index in [2.05, 4.69) is 43.1 Å². The summed E-state index contributed by atoms with van der Waals surface area (Å²) in [4.78, 5) is 6.53. The Kier molecular flexibility index (Phi) is 5.34. The van der Waals surface area contributed by atoms with Crippen molar-refractivity contribution in [2.24, 2.45) is 5.92 Å². The van der Waals surface area contributed by atoms with Crippen molar-refractivity contribution < 1.29 is 13.9 Å². The molecule has 4 heterocycles. The van der Waals surface area contributed by atoms with Crippen LogP contribution in [-0.2, 0) is 6.54 Å². The van der Waals surface area contributed by atoms with Crippen molar-refractivity contribution in [3.8, 4) is 5.69 Å². The molecular formula is C26H28F2N6O. The van der Waals surface area contributed by atoms with E-state index in [1.54, 1.807) is 6.33 Å². The van der Waals surface area contributed by atoms with E-state index in [0.717, 1.165) is 47.5 Å². The molecule has 0 radical (unpaired) electrons. The Morgan fingerprint density at radius 2 is 1.97 bits per heavy atom. The summed E-state index contributed by atoms with van der Waals surface area (Å²) in [7, 11) is 4.06. The van der Waals surface area contributed by atoms with Crippen molar-refractivity contribution in [2.45, 2.75) is 25.1 Å². The maximum atomic E-state index is 14.5. The van der Waals surface area contributed by atoms with Gasteiger partial charge in [-0.1, -0.05) is 0 Å². The molecule has 182 valence electrons. The molecule has 1 unspecified atom stereocenters. The first-order valence-corrected chi connectivity index (χ1v) is 11.9. The van der Waals surface area contributed by atoms with E-state index in [4.69, 9.17) is 0 Å². The van der Waals surface area contributed by atoms with Gasteiger partial charge in [0.15, 0.2) is 5.82 Å². The summed E-state index contributed by atoms with van der Waals surface area (Å²) in [6, 6.07) is 10.00. The van der Waals surface area contributed by atoms with Crippen LogP contribution in [0.4, 0.5) is 14.5 Å². The molecule has 0 bridgehead atoms. The average molecular weight is 479 g/mol. The van der Waals surface area contributed by atoms with Gasteiger partial charge in [-0.15, -0.1) is 10.2 Å². The number of hydrogen-bond acceptors (Lipinski definition) is 6. The number of β-amino-alcohol motifs (C(OH)–C–C–N with tert-alkyl or cyclic N) is 1. The highest BCUT2D eigenvalue weighted by molar-refractivity contribution is 5.69. The van der Waals surface area contributed by atoms with Crippen molar-refractivity contribution in [1.82, 2.24) is 24.6 Å². The fourth-order valence-corrected chi connectivity index (χ4v) is 5.69. The van der Waals surface area contributed by atoms with Crippen LogP contribution < -0.4 is 4.90 Å². The van der Waals surface area contributed by atoms with E-state index in [9.17, 15) is 13.9 Å². The Hall–Kier alpha value is -3.30. The molecule has 1 aromatic heterocycles. The maximum Gasteiger partial charge on any atom is 0.160 e. The molecule has 0 saturated carbocycles. The predicted octanol–water partition coefficient (Wildman–Crippen LogP) is 3.21. The second-order valence-corrected chi connectivity index (χ2v) is 10.0. The van der Waals surface area contributed by atoms with E-state index in [1.807, 2.05) is 24.9 Å². The third-order valence-corrected chi connectivity index (χ3v) is 7.33. The van der Waals surface area contributed by atoms with Gasteiger partial charge < -0.3 is 19.8 Å². The molecule has 0 aliphatic carbocycles. The van der Waals surface area contributed by atoms with Crippen molar-refractivity contribution >= 4 is 11.3 Å². The van der Waals surface area contributed by atoms with Crippen molar-refractivity contribution in [3.63, 3.8) is 0 Å². The predicted molar refractivity (Wildman–Crippen MR) is 129 cm³/mol. The molecule has 7 nitrogen and oxygen atoms in total. The first kappa shape index (κ1) is 22.2. The minimum Gasteiger partial charge on any atom is -0.391 e. The second-order valence-electron chi connectivity index (χ2n) is 10.0. The first-order valence-electron chi connectivity index (χ1n) is 11.9. The normalized spacial score (nSPS) is 23.3. The summed E-state index contributed by atoms with van der Waals surface area (Å²) in [6.45, 7) is 2.88. The van der Waals surface area contributed by atoms with Crippen LogP contribution in [0.15, 0.2) is 48.9 Å². The standard InChI is InChI=1S/C26H28F2N6O/c1-31(2)10-18-13-32(14-25(18)35)20-4-6-23-17(7-20)12-33-11-16(21-5-3-19(27)9-22(21)28)8-24(33)26-30-29-15-34(23)26/h3-7,9,11,15,18,24-25,35H,8,10,12-14H2,1-2H3/t18-,24?,25+/m1/s1. The highest BCUT2D eigenvalue weighted by atomic mass is 19.1. The van der Waals surface area contributed by atoms with Crippen molar-refractivity contribution in [3.05, 3.63) is 77.5 Å². The van der Waals surface area contributed by atoms with Crippen LogP contribution in [0.3, 0.4) is 0 Å². The number of fused-ring (bicyclic) bond motifs is 5. The lowest BCUT2D eigenvalue weighted by Gasteiger charge is -2.23. The van der Waals surface area contributed by atoms with Crippen LogP contribution in [0.25, 0.3) is 11.3 Å². The van der Waals surface area contributed by atoms with Gasteiger partial charge in [-0.05, 0) is 55.6 Å². The Morgan fingerprint density at radius 1 is 1.11 bits per heavy atom. The first-order chi connectivity index (χ1) is 16.9. The molecule has 9 heteroatoms. The maximum absolute atomic E-state index is 14.5. The molecule has 3 aliphatic heterocycles. The molecule has 1 fully saturated rings. The number of aliphatic hydroxyl groups is 1. The lowest BCUT2D eigenvalue weighted by Crippen LogP contribution is -2.29. The molecule has 6 rings (SSSR count). The monoisotopic (exact) mass is 478 g/mol. The molecule has 3 atom stereocenters. The van der Waals surface area contributed by atoms with Gasteiger partial charge in [-0.2, -0.15) is 0 Å². The van der Waals surface area contributed by atoms with Crippen molar-refractivity contribution in [1.29, 1.82) is 0 Å². The molecule has 1 N–H and O–H groups in total. The van der Waals surface area contributed by atoms with E-state index >= 15 is 0 Å². The van der Waals surface area contributed by atoms with Gasteiger partial charge in [0.25, 0.3) is 0 Å². The quantitative estimate of drug-likeness (QED) is 0.622. The summed E-state index contributed by atoms with van der Waals surface area (Å²) in [6.07, 6.45) is 3.89. The van der Waals surface area contributed by atoms with Gasteiger partial charge in [-0.3, -0.25) is 4.57 Å². The Morgan fingerprint density at radius 3 is 2.77 bits per heavy atom. The molecule has 2 aromatic carbocycles. The Bertz CT molecular complexity index is 1300. The SMILES string of the molecule is CN(C)C[C@@H]1CN(c2ccc3c(c2)CN2C=C(c4ccc(F)cc4F)CC2c2nncn2-3)C[C@@H]1O. The van der Waals surface area contributed by atoms with Gasteiger partial charge in [0, 0.05) is 62.0 Å². The highest BCUT2D eigenvalue weighted by Gasteiger charge is 2.36. The number of nitrogens with zero attached hydrogens (tertiary/aromatic N) is 6. The second kappa shape index (κ2) is 8.42. The van der Waals surface area contributed by atoms with Crippen molar-refractivity contribution in [2.75, 3.05) is 38.6 Å². The van der Waals surface area contributed by atoms with Gasteiger partial charge in [0.05, 0.1) is 17.8 Å². The summed E-state index contributed by atoms with van der Waals surface area (Å²) < 4.78 is 30.0. The summed E-state index contributed by atoms with van der Waals surface area (Å²) in [5, 5.41) is 19.2. The van der Waals surface area contributed by atoms with E-state index in [-0.39, 0.29) is 18.1 Å². The fraction of sp³-hybridized carbons (Fsp3) is 0.385. The van der Waals surface area contributed by atoms with E-state index in [1.165, 1.54) is 12.1 Å². The average Bonchev–Trinajstić information content (AvgIpc) is 3.51. The van der Waals surface area contributed by atoms with Crippen LogP contribution in [0, 0.1) is 17.6 Å². The Labute approximate surface area is 202 Å². The van der Waals surface area contributed by atoms with Gasteiger partial charge in [0.1, 0.15) is 18.0 Å². The third kappa shape index (κ3) is 3.88. The fourth-order valence-electron chi connectivity index (χ4n) is 5.69. The highest BCUT2D eigenvalue weighted by Crippen LogP contribution is 2.43. The number of hydrogen-bond donors (Lipinski definition) is 1. The number of rotatable bonds is 4. The minimum atomic E-state index is -0.583. The zero-order valence-electron chi connectivity index (χ0n) is 19.8. The lowest BCUT2D eigenvalue weighted by atomic mass is 10.0. The summed E-state index contributed by atoms with van der Waals surface area (Å²) >= 11 is 0. The number of aliphatic hydroxyl groups excluding tert-OH is 1. The Balaban J connectivity index is 1.34. The zero-order valence-corrected chi connectivity index (χ0v) is 19.8. The number of benzene rings is 2. The zero-order chi connectivity index (χ0) is 24.3. The van der Waals surface area contributed by atoms with E-state index < -0.39 is 11.6 Å². The van der Waals surface area contributed by atoms with Gasteiger partial charge in [0.2, 0.25) is 0 Å². The molecule has 0 amide bonds. The topological polar surface area (TPSA) is 60.7 Å². The van der Waals surface area contributed by atoms with E-state index in [0.29, 0.717) is 25.1 Å². The summed E-state index contributed by atoms with van der Waals surface area (Å²) in [5.74, 6) is -0.140. The third-order valence-electron chi connectivity index (χ3n) is 7.33. The number of aromatic nitrogens is 3. The van der Waals surface area contributed by atoms with Crippen LogP contribution in [-0.4, -0.2) is 69.5 Å². The molecule has 3 aromatic rings. The van der Waals surface area contributed by atoms with Crippen LogP contribution >= 0.6 is 0 Å².